The maximum absolute atomic E-state index is 12.6. The number of rotatable bonds is 7. The molecule has 3 N–H and O–H groups in total. The molecule has 0 radical (unpaired) electrons. The Kier molecular flexibility index (Phi) is 6.63. The minimum Gasteiger partial charge on any atom is -0.376 e. The highest BCUT2D eigenvalue weighted by Gasteiger charge is 2.12. The fourth-order valence-corrected chi connectivity index (χ4v) is 2.90. The number of hydrogen-bond donors (Lipinski definition) is 3. The Labute approximate surface area is 171 Å². The zero-order valence-corrected chi connectivity index (χ0v) is 16.7. The van der Waals surface area contributed by atoms with Crippen molar-refractivity contribution in [3.8, 4) is 0 Å². The summed E-state index contributed by atoms with van der Waals surface area (Å²) in [6.07, 6.45) is 0. The van der Waals surface area contributed by atoms with Gasteiger partial charge in [-0.15, -0.1) is 0 Å². The van der Waals surface area contributed by atoms with Crippen LogP contribution in [0.2, 0.25) is 0 Å². The van der Waals surface area contributed by atoms with Crippen molar-refractivity contribution in [3.05, 3.63) is 95.1 Å². The van der Waals surface area contributed by atoms with Gasteiger partial charge in [0.15, 0.2) is 0 Å². The van der Waals surface area contributed by atoms with Crippen LogP contribution in [0.3, 0.4) is 0 Å². The minimum atomic E-state index is -0.187. The summed E-state index contributed by atoms with van der Waals surface area (Å²) >= 11 is 0. The molecule has 0 bridgehead atoms. The van der Waals surface area contributed by atoms with Crippen LogP contribution in [0.15, 0.2) is 72.8 Å². The smallest absolute Gasteiger partial charge is 0.253 e. The highest BCUT2D eigenvalue weighted by molar-refractivity contribution is 6.01. The molecule has 3 aromatic rings. The van der Waals surface area contributed by atoms with Crippen LogP contribution in [-0.2, 0) is 11.3 Å². The van der Waals surface area contributed by atoms with Gasteiger partial charge < -0.3 is 16.0 Å². The Morgan fingerprint density at radius 2 is 1.45 bits per heavy atom. The minimum absolute atomic E-state index is 0.0661. The number of para-hydroxylation sites is 2. The second kappa shape index (κ2) is 9.55. The first kappa shape index (κ1) is 20.1. The van der Waals surface area contributed by atoms with Crippen LogP contribution in [0.25, 0.3) is 0 Å². The maximum atomic E-state index is 12.6. The third kappa shape index (κ3) is 5.69. The van der Waals surface area contributed by atoms with E-state index in [2.05, 4.69) is 16.0 Å². The van der Waals surface area contributed by atoms with Gasteiger partial charge in [-0.2, -0.15) is 0 Å². The molecule has 29 heavy (non-hydrogen) atoms. The normalized spacial score (nSPS) is 10.3. The van der Waals surface area contributed by atoms with Crippen molar-refractivity contribution in [2.75, 3.05) is 17.2 Å². The average Bonchev–Trinajstić information content (AvgIpc) is 2.73. The molecule has 0 saturated carbocycles. The molecule has 0 aliphatic carbocycles. The molecule has 0 fully saturated rings. The van der Waals surface area contributed by atoms with Gasteiger partial charge in [0.05, 0.1) is 12.1 Å². The first-order valence-electron chi connectivity index (χ1n) is 9.55. The molecule has 0 aliphatic rings. The molecule has 0 saturated heterocycles. The molecule has 3 aromatic carbocycles. The van der Waals surface area contributed by atoms with Crippen molar-refractivity contribution in [3.63, 3.8) is 0 Å². The van der Waals surface area contributed by atoms with Crippen molar-refractivity contribution >= 4 is 23.2 Å². The van der Waals surface area contributed by atoms with E-state index in [1.165, 1.54) is 5.56 Å². The summed E-state index contributed by atoms with van der Waals surface area (Å²) in [6, 6.07) is 22.8. The molecule has 0 aliphatic heterocycles. The lowest BCUT2D eigenvalue weighted by molar-refractivity contribution is -0.114. The van der Waals surface area contributed by atoms with Crippen LogP contribution in [0.5, 0.6) is 0 Å². The van der Waals surface area contributed by atoms with Crippen molar-refractivity contribution in [2.45, 2.75) is 20.4 Å². The second-order valence-electron chi connectivity index (χ2n) is 6.93. The summed E-state index contributed by atoms with van der Waals surface area (Å²) in [5.74, 6) is -0.359. The summed E-state index contributed by atoms with van der Waals surface area (Å²) in [5.41, 5.74) is 5.11. The average molecular weight is 387 g/mol. The lowest BCUT2D eigenvalue weighted by atomic mass is 10.1. The molecule has 5 heteroatoms. The predicted molar refractivity (Wildman–Crippen MR) is 117 cm³/mol. The molecule has 0 unspecified atom stereocenters. The predicted octanol–water partition coefficient (Wildman–Crippen LogP) is 4.28. The quantitative estimate of drug-likeness (QED) is 0.567. The summed E-state index contributed by atoms with van der Waals surface area (Å²) in [7, 11) is 0. The monoisotopic (exact) mass is 387 g/mol. The first-order chi connectivity index (χ1) is 14.0. The highest BCUT2D eigenvalue weighted by atomic mass is 16.2. The molecule has 0 atom stereocenters. The van der Waals surface area contributed by atoms with Crippen molar-refractivity contribution < 1.29 is 9.59 Å². The molecule has 148 valence electrons. The van der Waals surface area contributed by atoms with Gasteiger partial charge in [0.2, 0.25) is 5.91 Å². The Morgan fingerprint density at radius 3 is 2.17 bits per heavy atom. The van der Waals surface area contributed by atoms with Gasteiger partial charge in [0, 0.05) is 17.9 Å². The van der Waals surface area contributed by atoms with E-state index in [1.54, 1.807) is 18.2 Å². The molecule has 3 rings (SSSR count). The summed E-state index contributed by atoms with van der Waals surface area (Å²) in [6.45, 7) is 4.48. The van der Waals surface area contributed by atoms with Gasteiger partial charge in [-0.05, 0) is 43.2 Å². The van der Waals surface area contributed by atoms with E-state index >= 15 is 0 Å². The molecular weight excluding hydrogens is 362 g/mol. The largest absolute Gasteiger partial charge is 0.376 e. The van der Waals surface area contributed by atoms with Crippen LogP contribution in [-0.4, -0.2) is 18.4 Å². The van der Waals surface area contributed by atoms with E-state index in [4.69, 9.17) is 0 Å². The van der Waals surface area contributed by atoms with E-state index in [-0.39, 0.29) is 18.4 Å². The number of aryl methyl sites for hydroxylation is 2. The topological polar surface area (TPSA) is 70.2 Å². The summed E-state index contributed by atoms with van der Waals surface area (Å²) in [5, 5.41) is 8.88. The molecular formula is C24H25N3O2. The van der Waals surface area contributed by atoms with Crippen molar-refractivity contribution in [1.82, 2.24) is 5.32 Å². The van der Waals surface area contributed by atoms with Gasteiger partial charge in [-0.25, -0.2) is 0 Å². The number of carbonyl (C=O) groups excluding carboxylic acids is 2. The number of hydrogen-bond acceptors (Lipinski definition) is 3. The maximum Gasteiger partial charge on any atom is 0.253 e. The van der Waals surface area contributed by atoms with Crippen molar-refractivity contribution in [2.24, 2.45) is 0 Å². The lowest BCUT2D eigenvalue weighted by Crippen LogP contribution is -2.26. The molecule has 0 heterocycles. The number of benzene rings is 3. The Balaban J connectivity index is 1.59. The lowest BCUT2D eigenvalue weighted by Gasteiger charge is -2.13. The van der Waals surface area contributed by atoms with E-state index < -0.39 is 0 Å². The van der Waals surface area contributed by atoms with Gasteiger partial charge >= 0.3 is 0 Å². The molecule has 5 nitrogen and oxygen atoms in total. The molecule has 2 amide bonds. The molecule has 0 spiro atoms. The highest BCUT2D eigenvalue weighted by Crippen LogP contribution is 2.16. The Morgan fingerprint density at radius 1 is 0.793 bits per heavy atom. The standard InChI is InChI=1S/C24H25N3O2/c1-17-11-13-19(14-12-17)15-26-24(29)20-8-4-6-10-22(20)25-16-23(28)27-21-9-5-3-7-18(21)2/h3-14,25H,15-16H2,1-2H3,(H,26,29)(H,27,28). The number of nitrogens with one attached hydrogen (secondary N) is 3. The third-order valence-corrected chi connectivity index (χ3v) is 4.60. The third-order valence-electron chi connectivity index (χ3n) is 4.60. The Bertz CT molecular complexity index is 997. The number of amides is 2. The van der Waals surface area contributed by atoms with Crippen LogP contribution in [0.4, 0.5) is 11.4 Å². The second-order valence-corrected chi connectivity index (χ2v) is 6.93. The molecule has 0 aromatic heterocycles. The van der Waals surface area contributed by atoms with Crippen molar-refractivity contribution in [1.29, 1.82) is 0 Å². The van der Waals surface area contributed by atoms with Crippen LogP contribution in [0, 0.1) is 13.8 Å². The number of anilines is 2. The first-order valence-corrected chi connectivity index (χ1v) is 9.55. The zero-order chi connectivity index (χ0) is 20.6. The van der Waals surface area contributed by atoms with E-state index in [0.717, 1.165) is 16.8 Å². The van der Waals surface area contributed by atoms with E-state index in [1.807, 2.05) is 68.4 Å². The van der Waals surface area contributed by atoms with Crippen LogP contribution >= 0.6 is 0 Å². The van der Waals surface area contributed by atoms with Crippen LogP contribution < -0.4 is 16.0 Å². The zero-order valence-electron chi connectivity index (χ0n) is 16.7. The number of carbonyl (C=O) groups is 2. The Hall–Kier alpha value is -3.60. The summed E-state index contributed by atoms with van der Waals surface area (Å²) < 4.78 is 0. The van der Waals surface area contributed by atoms with Gasteiger partial charge in [0.1, 0.15) is 0 Å². The van der Waals surface area contributed by atoms with E-state index in [0.29, 0.717) is 17.8 Å². The fourth-order valence-electron chi connectivity index (χ4n) is 2.90. The van der Waals surface area contributed by atoms with Gasteiger partial charge in [-0.3, -0.25) is 9.59 Å². The van der Waals surface area contributed by atoms with E-state index in [9.17, 15) is 9.59 Å². The van der Waals surface area contributed by atoms with Crippen LogP contribution in [0.1, 0.15) is 27.0 Å². The fraction of sp³-hybridized carbons (Fsp3) is 0.167. The SMILES string of the molecule is Cc1ccc(CNC(=O)c2ccccc2NCC(=O)Nc2ccccc2C)cc1. The summed E-state index contributed by atoms with van der Waals surface area (Å²) in [4.78, 5) is 24.9. The van der Waals surface area contributed by atoms with Gasteiger partial charge in [0.25, 0.3) is 5.91 Å². The van der Waals surface area contributed by atoms with Gasteiger partial charge in [-0.1, -0.05) is 60.2 Å².